The minimum absolute atomic E-state index is 0.113. The fraction of sp³-hybridized carbons (Fsp3) is 0.500. The molecular formula is C20H26N4O3. The van der Waals surface area contributed by atoms with Crippen LogP contribution in [0.1, 0.15) is 17.5 Å². The lowest BCUT2D eigenvalue weighted by atomic mass is 9.90. The van der Waals surface area contributed by atoms with Gasteiger partial charge in [0.2, 0.25) is 0 Å². The van der Waals surface area contributed by atoms with E-state index in [0.29, 0.717) is 13.0 Å². The summed E-state index contributed by atoms with van der Waals surface area (Å²) in [6.45, 7) is 4.59. The first-order chi connectivity index (χ1) is 13.2. The van der Waals surface area contributed by atoms with Crippen LogP contribution in [0.4, 0.5) is 4.79 Å². The number of urea groups is 1. The Hall–Kier alpha value is -2.56. The molecule has 0 radical (unpaired) electrons. The number of aryl methyl sites for hydroxylation is 1. The van der Waals surface area contributed by atoms with Gasteiger partial charge in [0.25, 0.3) is 5.91 Å². The zero-order valence-electron chi connectivity index (χ0n) is 15.4. The number of hydrogen-bond acceptors (Lipinski definition) is 4. The second kappa shape index (κ2) is 8.89. The molecule has 7 heteroatoms. The van der Waals surface area contributed by atoms with Crippen molar-refractivity contribution in [1.29, 1.82) is 0 Å². The number of hydrogen-bond donors (Lipinski definition) is 3. The second-order valence-electron chi connectivity index (χ2n) is 6.78. The molecule has 1 atom stereocenters. The number of ether oxygens (including phenoxy) is 1. The molecule has 1 aromatic carbocycles. The van der Waals surface area contributed by atoms with Gasteiger partial charge in [-0.25, -0.2) is 4.79 Å². The van der Waals surface area contributed by atoms with Crippen molar-refractivity contribution < 1.29 is 14.3 Å². The van der Waals surface area contributed by atoms with Gasteiger partial charge in [0, 0.05) is 26.2 Å². The Bertz CT molecular complexity index is 724. The van der Waals surface area contributed by atoms with Gasteiger partial charge in [0.15, 0.2) is 0 Å². The number of rotatable bonds is 6. The van der Waals surface area contributed by atoms with Gasteiger partial charge in [-0.15, -0.1) is 6.42 Å². The predicted octanol–water partition coefficient (Wildman–Crippen LogP) is 0.209. The van der Waals surface area contributed by atoms with E-state index < -0.39 is 11.6 Å². The monoisotopic (exact) mass is 370 g/mol. The van der Waals surface area contributed by atoms with Gasteiger partial charge in [0.05, 0.1) is 19.8 Å². The molecule has 1 fully saturated rings. The van der Waals surface area contributed by atoms with Crippen molar-refractivity contribution in [2.24, 2.45) is 0 Å². The molecule has 2 aliphatic rings. The highest BCUT2D eigenvalue weighted by molar-refractivity contribution is 5.93. The summed E-state index contributed by atoms with van der Waals surface area (Å²) in [5.74, 6) is 2.18. The number of carbonyl (C=O) groups excluding carboxylic acids is 2. The number of fused-ring (bicyclic) bond motifs is 1. The SMILES string of the molecule is C#CCNC(=O)NC1(C(=O)NCCN2CCOCC2)CCc2ccccc21. The van der Waals surface area contributed by atoms with Crippen LogP contribution in [-0.4, -0.2) is 62.8 Å². The van der Waals surface area contributed by atoms with Crippen LogP contribution in [0.15, 0.2) is 24.3 Å². The van der Waals surface area contributed by atoms with E-state index in [-0.39, 0.29) is 12.5 Å². The third-order valence-electron chi connectivity index (χ3n) is 5.13. The van der Waals surface area contributed by atoms with Crippen molar-refractivity contribution in [3.8, 4) is 12.3 Å². The van der Waals surface area contributed by atoms with Crippen molar-refractivity contribution in [2.75, 3.05) is 45.9 Å². The maximum atomic E-state index is 13.1. The topological polar surface area (TPSA) is 82.7 Å². The highest BCUT2D eigenvalue weighted by Gasteiger charge is 2.46. The smallest absolute Gasteiger partial charge is 0.316 e. The van der Waals surface area contributed by atoms with Crippen LogP contribution < -0.4 is 16.0 Å². The number of amides is 3. The summed E-state index contributed by atoms with van der Waals surface area (Å²) < 4.78 is 5.34. The van der Waals surface area contributed by atoms with Crippen molar-refractivity contribution in [1.82, 2.24) is 20.9 Å². The van der Waals surface area contributed by atoms with Crippen molar-refractivity contribution in [3.05, 3.63) is 35.4 Å². The molecule has 144 valence electrons. The maximum Gasteiger partial charge on any atom is 0.316 e. The first-order valence-corrected chi connectivity index (χ1v) is 9.32. The molecule has 1 heterocycles. The minimum atomic E-state index is -1.07. The van der Waals surface area contributed by atoms with E-state index in [1.54, 1.807) is 0 Å². The van der Waals surface area contributed by atoms with E-state index in [1.165, 1.54) is 0 Å². The van der Waals surface area contributed by atoms with Gasteiger partial charge in [-0.2, -0.15) is 0 Å². The van der Waals surface area contributed by atoms with Gasteiger partial charge >= 0.3 is 6.03 Å². The lowest BCUT2D eigenvalue weighted by Crippen LogP contribution is -2.58. The lowest BCUT2D eigenvalue weighted by molar-refractivity contribution is -0.127. The Labute approximate surface area is 159 Å². The quantitative estimate of drug-likeness (QED) is 0.625. The summed E-state index contributed by atoms with van der Waals surface area (Å²) in [5, 5.41) is 8.48. The van der Waals surface area contributed by atoms with Crippen LogP contribution >= 0.6 is 0 Å². The predicted molar refractivity (Wildman–Crippen MR) is 102 cm³/mol. The Morgan fingerprint density at radius 2 is 2.00 bits per heavy atom. The number of morpholine rings is 1. The molecule has 0 saturated carbocycles. The van der Waals surface area contributed by atoms with Crippen LogP contribution in [0.3, 0.4) is 0 Å². The van der Waals surface area contributed by atoms with Gasteiger partial charge in [-0.05, 0) is 24.0 Å². The Kier molecular flexibility index (Phi) is 6.32. The summed E-state index contributed by atoms with van der Waals surface area (Å²) in [6.07, 6.45) is 6.47. The van der Waals surface area contributed by atoms with Gasteiger partial charge in [-0.1, -0.05) is 30.2 Å². The third kappa shape index (κ3) is 4.41. The van der Waals surface area contributed by atoms with E-state index in [2.05, 4.69) is 26.8 Å². The Morgan fingerprint density at radius 1 is 1.22 bits per heavy atom. The molecule has 27 heavy (non-hydrogen) atoms. The first-order valence-electron chi connectivity index (χ1n) is 9.32. The molecule has 7 nitrogen and oxygen atoms in total. The van der Waals surface area contributed by atoms with Crippen LogP contribution in [0, 0.1) is 12.3 Å². The minimum Gasteiger partial charge on any atom is -0.379 e. The standard InChI is InChI=1S/C20H26N4O3/c1-2-9-22-19(26)23-20(8-7-16-5-3-4-6-17(16)20)18(25)21-10-11-24-12-14-27-15-13-24/h1,3-6H,7-15H2,(H,21,25)(H2,22,23,26). The summed E-state index contributed by atoms with van der Waals surface area (Å²) in [6, 6.07) is 7.31. The van der Waals surface area contributed by atoms with Crippen LogP contribution in [0.2, 0.25) is 0 Å². The molecule has 1 aromatic rings. The van der Waals surface area contributed by atoms with E-state index in [9.17, 15) is 9.59 Å². The molecule has 1 aliphatic heterocycles. The third-order valence-corrected chi connectivity index (χ3v) is 5.13. The molecule has 0 bridgehead atoms. The number of nitrogens with one attached hydrogen (secondary N) is 3. The summed E-state index contributed by atoms with van der Waals surface area (Å²) in [5.41, 5.74) is 0.864. The summed E-state index contributed by atoms with van der Waals surface area (Å²) in [7, 11) is 0. The molecule has 0 aromatic heterocycles. The second-order valence-corrected chi connectivity index (χ2v) is 6.78. The zero-order valence-corrected chi connectivity index (χ0v) is 15.4. The lowest BCUT2D eigenvalue weighted by Gasteiger charge is -2.31. The molecule has 1 unspecified atom stereocenters. The fourth-order valence-corrected chi connectivity index (χ4v) is 3.71. The Balaban J connectivity index is 1.69. The van der Waals surface area contributed by atoms with Crippen molar-refractivity contribution >= 4 is 11.9 Å². The summed E-state index contributed by atoms with van der Waals surface area (Å²) >= 11 is 0. The molecule has 3 amide bonds. The van der Waals surface area contributed by atoms with E-state index in [1.807, 2.05) is 24.3 Å². The van der Waals surface area contributed by atoms with Crippen molar-refractivity contribution in [3.63, 3.8) is 0 Å². The van der Waals surface area contributed by atoms with Crippen LogP contribution in [0.25, 0.3) is 0 Å². The van der Waals surface area contributed by atoms with E-state index >= 15 is 0 Å². The Morgan fingerprint density at radius 3 is 2.78 bits per heavy atom. The maximum absolute atomic E-state index is 13.1. The van der Waals surface area contributed by atoms with Crippen molar-refractivity contribution in [2.45, 2.75) is 18.4 Å². The molecular weight excluding hydrogens is 344 g/mol. The first kappa shape index (κ1) is 19.2. The van der Waals surface area contributed by atoms with E-state index in [0.717, 1.165) is 50.4 Å². The number of nitrogens with zero attached hydrogens (tertiary/aromatic N) is 1. The summed E-state index contributed by atoms with van der Waals surface area (Å²) in [4.78, 5) is 27.7. The highest BCUT2D eigenvalue weighted by Crippen LogP contribution is 2.37. The normalized spacial score (nSPS) is 21.7. The van der Waals surface area contributed by atoms with Gasteiger partial charge in [0.1, 0.15) is 5.54 Å². The largest absolute Gasteiger partial charge is 0.379 e. The average molecular weight is 370 g/mol. The molecule has 1 aliphatic carbocycles. The average Bonchev–Trinajstić information content (AvgIpc) is 3.07. The van der Waals surface area contributed by atoms with Gasteiger partial charge < -0.3 is 20.7 Å². The highest BCUT2D eigenvalue weighted by atomic mass is 16.5. The number of benzene rings is 1. The molecule has 1 saturated heterocycles. The molecule has 0 spiro atoms. The number of carbonyl (C=O) groups is 2. The van der Waals surface area contributed by atoms with Gasteiger partial charge in [-0.3, -0.25) is 9.69 Å². The van der Waals surface area contributed by atoms with Crippen LogP contribution in [-0.2, 0) is 21.5 Å². The number of terminal acetylenes is 1. The molecule has 3 N–H and O–H groups in total. The van der Waals surface area contributed by atoms with E-state index in [4.69, 9.17) is 11.2 Å². The zero-order chi connectivity index (χ0) is 19.1. The molecule has 3 rings (SSSR count). The fourth-order valence-electron chi connectivity index (χ4n) is 3.71. The van der Waals surface area contributed by atoms with Crippen LogP contribution in [0.5, 0.6) is 0 Å².